The quantitative estimate of drug-likeness (QED) is 0.660. The van der Waals surface area contributed by atoms with Gasteiger partial charge >= 0.3 is 6.18 Å². The standard InChI is InChI=1S/C12H11ClF3N5/c1-5-9(13)6(2)21(20-5)11-7(10(17)18)3-4-8(19-11)12(14,15)16/h3-4H,1-2H3,(H3,17,18). The number of aryl methyl sites for hydroxylation is 1. The largest absolute Gasteiger partial charge is 0.433 e. The Hall–Kier alpha value is -2.09. The second-order valence-electron chi connectivity index (χ2n) is 4.38. The Morgan fingerprint density at radius 3 is 2.38 bits per heavy atom. The van der Waals surface area contributed by atoms with Crippen molar-refractivity contribution in [1.82, 2.24) is 14.8 Å². The van der Waals surface area contributed by atoms with Crippen LogP contribution in [0, 0.1) is 19.3 Å². The van der Waals surface area contributed by atoms with Crippen molar-refractivity contribution in [3.05, 3.63) is 39.8 Å². The Morgan fingerprint density at radius 1 is 1.33 bits per heavy atom. The van der Waals surface area contributed by atoms with E-state index in [1.807, 2.05) is 0 Å². The van der Waals surface area contributed by atoms with E-state index >= 15 is 0 Å². The number of nitrogens with one attached hydrogen (secondary N) is 1. The molecule has 0 aliphatic rings. The van der Waals surface area contributed by atoms with Crippen molar-refractivity contribution in [3.63, 3.8) is 0 Å². The third kappa shape index (κ3) is 2.71. The van der Waals surface area contributed by atoms with Gasteiger partial charge in [-0.2, -0.15) is 18.3 Å². The third-order valence-electron chi connectivity index (χ3n) is 2.86. The Kier molecular flexibility index (Phi) is 3.66. The molecule has 9 heteroatoms. The zero-order valence-corrected chi connectivity index (χ0v) is 11.8. The summed E-state index contributed by atoms with van der Waals surface area (Å²) in [6.07, 6.45) is -4.61. The maximum absolute atomic E-state index is 12.8. The summed E-state index contributed by atoms with van der Waals surface area (Å²) in [6.45, 7) is 3.21. The molecule has 0 unspecified atom stereocenters. The van der Waals surface area contributed by atoms with Gasteiger partial charge in [-0.05, 0) is 26.0 Å². The monoisotopic (exact) mass is 317 g/mol. The highest BCUT2D eigenvalue weighted by molar-refractivity contribution is 6.31. The van der Waals surface area contributed by atoms with Crippen LogP contribution >= 0.6 is 11.6 Å². The number of amidine groups is 1. The lowest BCUT2D eigenvalue weighted by molar-refractivity contribution is -0.141. The van der Waals surface area contributed by atoms with E-state index in [1.54, 1.807) is 13.8 Å². The first-order chi connectivity index (χ1) is 9.62. The molecule has 0 saturated carbocycles. The average Bonchev–Trinajstić information content (AvgIpc) is 2.64. The van der Waals surface area contributed by atoms with Crippen LogP contribution in [0.4, 0.5) is 13.2 Å². The Bertz CT molecular complexity index is 720. The van der Waals surface area contributed by atoms with Crippen molar-refractivity contribution < 1.29 is 13.2 Å². The lowest BCUT2D eigenvalue weighted by Crippen LogP contribution is -2.19. The summed E-state index contributed by atoms with van der Waals surface area (Å²) in [5.41, 5.74) is 5.22. The maximum Gasteiger partial charge on any atom is 0.433 e. The van der Waals surface area contributed by atoms with Gasteiger partial charge in [-0.15, -0.1) is 0 Å². The van der Waals surface area contributed by atoms with Crippen molar-refractivity contribution in [1.29, 1.82) is 5.41 Å². The van der Waals surface area contributed by atoms with Crippen LogP contribution in [0.25, 0.3) is 5.82 Å². The summed E-state index contributed by atoms with van der Waals surface area (Å²) in [5.74, 6) is -0.584. The Labute approximate surface area is 123 Å². The molecule has 0 spiro atoms. The molecule has 0 fully saturated rings. The van der Waals surface area contributed by atoms with Gasteiger partial charge in [0.1, 0.15) is 11.5 Å². The van der Waals surface area contributed by atoms with E-state index in [9.17, 15) is 13.2 Å². The van der Waals surface area contributed by atoms with Crippen molar-refractivity contribution >= 4 is 17.4 Å². The molecule has 0 amide bonds. The predicted octanol–water partition coefficient (Wildman–Crippen LogP) is 2.84. The number of halogens is 4. The van der Waals surface area contributed by atoms with Crippen molar-refractivity contribution in [2.24, 2.45) is 5.73 Å². The second kappa shape index (κ2) is 5.03. The minimum atomic E-state index is -4.61. The SMILES string of the molecule is Cc1nn(-c2nc(C(F)(F)F)ccc2C(=N)N)c(C)c1Cl. The van der Waals surface area contributed by atoms with E-state index in [4.69, 9.17) is 22.7 Å². The molecule has 0 aliphatic heterocycles. The molecule has 2 rings (SSSR count). The topological polar surface area (TPSA) is 80.6 Å². The number of nitrogens with zero attached hydrogens (tertiary/aromatic N) is 3. The van der Waals surface area contributed by atoms with Gasteiger partial charge in [-0.3, -0.25) is 5.41 Å². The van der Waals surface area contributed by atoms with Gasteiger partial charge in [0.15, 0.2) is 5.82 Å². The first kappa shape index (κ1) is 15.3. The van der Waals surface area contributed by atoms with Crippen LogP contribution < -0.4 is 5.73 Å². The third-order valence-corrected chi connectivity index (χ3v) is 3.41. The molecule has 5 nitrogen and oxygen atoms in total. The van der Waals surface area contributed by atoms with Gasteiger partial charge in [0.05, 0.1) is 22.0 Å². The molecular formula is C12H11ClF3N5. The summed E-state index contributed by atoms with van der Waals surface area (Å²) in [5, 5.41) is 11.8. The minimum absolute atomic E-state index is 0.0465. The molecule has 0 saturated heterocycles. The predicted molar refractivity (Wildman–Crippen MR) is 71.9 cm³/mol. The molecular weight excluding hydrogens is 307 g/mol. The number of rotatable bonds is 2. The van der Waals surface area contributed by atoms with Crippen molar-refractivity contribution in [3.8, 4) is 5.82 Å². The van der Waals surface area contributed by atoms with Gasteiger partial charge in [0.2, 0.25) is 0 Å². The summed E-state index contributed by atoms with van der Waals surface area (Å²) in [7, 11) is 0. The second-order valence-corrected chi connectivity index (χ2v) is 4.75. The lowest BCUT2D eigenvalue weighted by atomic mass is 10.2. The maximum atomic E-state index is 12.8. The Balaban J connectivity index is 2.75. The van der Waals surface area contributed by atoms with Gasteiger partial charge in [0.25, 0.3) is 0 Å². The van der Waals surface area contributed by atoms with Crippen LogP contribution in [0.5, 0.6) is 0 Å². The van der Waals surface area contributed by atoms with E-state index in [-0.39, 0.29) is 11.4 Å². The van der Waals surface area contributed by atoms with E-state index in [0.717, 1.165) is 16.8 Å². The average molecular weight is 318 g/mol. The van der Waals surface area contributed by atoms with E-state index in [0.29, 0.717) is 16.4 Å². The normalized spacial score (nSPS) is 11.7. The fourth-order valence-corrected chi connectivity index (χ4v) is 1.93. The number of pyridine rings is 1. The molecule has 0 aliphatic carbocycles. The number of alkyl halides is 3. The molecule has 112 valence electrons. The summed E-state index contributed by atoms with van der Waals surface area (Å²) >= 11 is 5.99. The number of hydrogen-bond donors (Lipinski definition) is 2. The van der Waals surface area contributed by atoms with Gasteiger partial charge in [-0.1, -0.05) is 11.6 Å². The molecule has 2 heterocycles. The lowest BCUT2D eigenvalue weighted by Gasteiger charge is -2.12. The van der Waals surface area contributed by atoms with Gasteiger partial charge < -0.3 is 5.73 Å². The molecule has 21 heavy (non-hydrogen) atoms. The number of nitrogens with two attached hydrogens (primary N) is 1. The van der Waals surface area contributed by atoms with E-state index < -0.39 is 17.7 Å². The van der Waals surface area contributed by atoms with E-state index in [1.165, 1.54) is 0 Å². The van der Waals surface area contributed by atoms with Crippen LogP contribution in [0.3, 0.4) is 0 Å². The highest BCUT2D eigenvalue weighted by Gasteiger charge is 2.33. The van der Waals surface area contributed by atoms with Crippen LogP contribution in [0.15, 0.2) is 12.1 Å². The molecule has 0 radical (unpaired) electrons. The zero-order valence-electron chi connectivity index (χ0n) is 11.1. The van der Waals surface area contributed by atoms with Crippen molar-refractivity contribution in [2.75, 3.05) is 0 Å². The van der Waals surface area contributed by atoms with Crippen molar-refractivity contribution in [2.45, 2.75) is 20.0 Å². The number of hydrogen-bond acceptors (Lipinski definition) is 3. The highest BCUT2D eigenvalue weighted by Crippen LogP contribution is 2.30. The van der Waals surface area contributed by atoms with Gasteiger partial charge in [-0.25, -0.2) is 9.67 Å². The van der Waals surface area contributed by atoms with Gasteiger partial charge in [0, 0.05) is 0 Å². The first-order valence-electron chi connectivity index (χ1n) is 5.77. The van der Waals surface area contributed by atoms with E-state index in [2.05, 4.69) is 10.1 Å². The summed E-state index contributed by atoms with van der Waals surface area (Å²) in [4.78, 5) is 3.55. The molecule has 0 bridgehead atoms. The molecule has 2 aromatic heterocycles. The Morgan fingerprint density at radius 2 is 1.95 bits per heavy atom. The summed E-state index contributed by atoms with van der Waals surface area (Å²) < 4.78 is 39.6. The smallest absolute Gasteiger partial charge is 0.384 e. The molecule has 3 N–H and O–H groups in total. The van der Waals surface area contributed by atoms with Crippen LogP contribution in [0.1, 0.15) is 22.6 Å². The fourth-order valence-electron chi connectivity index (χ4n) is 1.81. The minimum Gasteiger partial charge on any atom is -0.384 e. The van der Waals surface area contributed by atoms with Crippen LogP contribution in [-0.4, -0.2) is 20.6 Å². The van der Waals surface area contributed by atoms with Crippen LogP contribution in [0.2, 0.25) is 5.02 Å². The highest BCUT2D eigenvalue weighted by atomic mass is 35.5. The fraction of sp³-hybridized carbons (Fsp3) is 0.250. The number of nitrogen functional groups attached to an aromatic ring is 1. The van der Waals surface area contributed by atoms with Crippen LogP contribution in [-0.2, 0) is 6.18 Å². The first-order valence-corrected chi connectivity index (χ1v) is 6.15. The number of aromatic nitrogens is 3. The zero-order chi connectivity index (χ0) is 15.9. The molecule has 2 aromatic rings. The molecule has 0 atom stereocenters. The molecule has 0 aromatic carbocycles. The summed E-state index contributed by atoms with van der Waals surface area (Å²) in [6, 6.07) is 1.87.